The van der Waals surface area contributed by atoms with Crippen LogP contribution in [0.1, 0.15) is 43.8 Å². The van der Waals surface area contributed by atoms with Crippen LogP contribution in [0.2, 0.25) is 0 Å². The molecule has 9 nitrogen and oxygen atoms in total. The van der Waals surface area contributed by atoms with Crippen LogP contribution < -0.4 is 5.73 Å². The smallest absolute Gasteiger partial charge is 0.289 e. The molecule has 1 saturated heterocycles. The van der Waals surface area contributed by atoms with Gasteiger partial charge in [0.25, 0.3) is 17.7 Å². The van der Waals surface area contributed by atoms with Gasteiger partial charge < -0.3 is 24.9 Å². The fourth-order valence-corrected chi connectivity index (χ4v) is 4.48. The first-order valence-corrected chi connectivity index (χ1v) is 11.4. The third kappa shape index (κ3) is 4.05. The lowest BCUT2D eigenvalue weighted by atomic mass is 10.1. The molecule has 3 N–H and O–H groups in total. The van der Waals surface area contributed by atoms with Crippen molar-refractivity contribution in [2.24, 2.45) is 5.73 Å². The van der Waals surface area contributed by atoms with Crippen molar-refractivity contribution in [1.82, 2.24) is 19.8 Å². The average Bonchev–Trinajstić information content (AvgIpc) is 3.49. The number of primary amides is 1. The molecule has 2 aromatic carbocycles. The van der Waals surface area contributed by atoms with Crippen molar-refractivity contribution in [2.45, 2.75) is 19.9 Å². The highest BCUT2D eigenvalue weighted by molar-refractivity contribution is 6.04. The molecule has 1 atom stereocenters. The number of rotatable bonds is 4. The van der Waals surface area contributed by atoms with Crippen LogP contribution in [0.15, 0.2) is 59.2 Å². The van der Waals surface area contributed by atoms with Gasteiger partial charge in [0, 0.05) is 42.4 Å². The Morgan fingerprint density at radius 2 is 1.83 bits per heavy atom. The predicted octanol–water partition coefficient (Wildman–Crippen LogP) is 3.22. The zero-order valence-electron chi connectivity index (χ0n) is 19.4. The summed E-state index contributed by atoms with van der Waals surface area (Å²) in [6, 6.07) is 14.0. The maximum atomic E-state index is 13.2. The summed E-state index contributed by atoms with van der Waals surface area (Å²) in [7, 11) is 0. The monoisotopic (exact) mass is 471 g/mol. The molecule has 3 heterocycles. The van der Waals surface area contributed by atoms with Crippen LogP contribution in [-0.4, -0.2) is 63.2 Å². The molecule has 3 amide bonds. The number of nitrogens with one attached hydrogen (secondary N) is 1. The van der Waals surface area contributed by atoms with Gasteiger partial charge in [0.05, 0.1) is 17.3 Å². The maximum Gasteiger partial charge on any atom is 0.289 e. The van der Waals surface area contributed by atoms with Crippen molar-refractivity contribution < 1.29 is 18.8 Å². The van der Waals surface area contributed by atoms with E-state index in [1.807, 2.05) is 32.0 Å². The highest BCUT2D eigenvalue weighted by Crippen LogP contribution is 2.24. The van der Waals surface area contributed by atoms with Crippen LogP contribution in [-0.2, 0) is 0 Å². The number of benzene rings is 2. The van der Waals surface area contributed by atoms with Crippen molar-refractivity contribution in [3.63, 3.8) is 0 Å². The van der Waals surface area contributed by atoms with E-state index in [9.17, 15) is 14.4 Å². The zero-order valence-corrected chi connectivity index (χ0v) is 19.4. The number of nitrogens with zero attached hydrogens (tertiary/aromatic N) is 3. The van der Waals surface area contributed by atoms with Crippen molar-refractivity contribution in [3.05, 3.63) is 77.2 Å². The second-order valence-electron chi connectivity index (χ2n) is 8.76. The van der Waals surface area contributed by atoms with Crippen LogP contribution >= 0.6 is 0 Å². The molecule has 9 heteroatoms. The van der Waals surface area contributed by atoms with Gasteiger partial charge in [-0.3, -0.25) is 14.4 Å². The van der Waals surface area contributed by atoms with Crippen molar-refractivity contribution in [3.8, 4) is 11.4 Å². The summed E-state index contributed by atoms with van der Waals surface area (Å²) in [5, 5.41) is 0. The minimum atomic E-state index is -0.537. The lowest BCUT2D eigenvalue weighted by molar-refractivity contribution is 0.0399. The Kier molecular flexibility index (Phi) is 5.60. The van der Waals surface area contributed by atoms with E-state index in [4.69, 9.17) is 10.2 Å². The number of aromatic amines is 1. The SMILES string of the molecule is Cc1ccoc1C(=O)N1CCN(C(=O)c2ccc(-c3nc4c(C(N)=O)cccc4[nH]3)cc2)C(C)C1. The topological polar surface area (TPSA) is 126 Å². The molecule has 0 bridgehead atoms. The second-order valence-corrected chi connectivity index (χ2v) is 8.76. The molecule has 4 aromatic rings. The highest BCUT2D eigenvalue weighted by Gasteiger charge is 2.32. The second kappa shape index (κ2) is 8.75. The summed E-state index contributed by atoms with van der Waals surface area (Å²) >= 11 is 0. The van der Waals surface area contributed by atoms with Gasteiger partial charge in [-0.2, -0.15) is 0 Å². The number of hydrogen-bond acceptors (Lipinski definition) is 5. The van der Waals surface area contributed by atoms with Gasteiger partial charge in [0.1, 0.15) is 11.3 Å². The predicted molar refractivity (Wildman–Crippen MR) is 130 cm³/mol. The van der Waals surface area contributed by atoms with Crippen LogP contribution in [0, 0.1) is 6.92 Å². The Morgan fingerprint density at radius 1 is 1.06 bits per heavy atom. The fraction of sp³-hybridized carbons (Fsp3) is 0.231. The third-order valence-electron chi connectivity index (χ3n) is 6.42. The van der Waals surface area contributed by atoms with Crippen LogP contribution in [0.25, 0.3) is 22.4 Å². The number of hydrogen-bond donors (Lipinski definition) is 2. The number of nitrogens with two attached hydrogens (primary N) is 1. The highest BCUT2D eigenvalue weighted by atomic mass is 16.3. The number of H-pyrrole nitrogens is 1. The van der Waals surface area contributed by atoms with E-state index in [1.54, 1.807) is 40.1 Å². The zero-order chi connectivity index (χ0) is 24.7. The number of carbonyl (C=O) groups excluding carboxylic acids is 3. The van der Waals surface area contributed by atoms with E-state index in [2.05, 4.69) is 9.97 Å². The number of imidazole rings is 1. The molecule has 1 fully saturated rings. The summed E-state index contributed by atoms with van der Waals surface area (Å²) in [6.07, 6.45) is 1.51. The molecule has 1 aliphatic rings. The quantitative estimate of drug-likeness (QED) is 0.473. The van der Waals surface area contributed by atoms with Crippen molar-refractivity contribution in [2.75, 3.05) is 19.6 Å². The van der Waals surface area contributed by atoms with Crippen LogP contribution in [0.3, 0.4) is 0 Å². The molecule has 1 unspecified atom stereocenters. The molecule has 0 saturated carbocycles. The molecule has 1 aliphatic heterocycles. The first kappa shape index (κ1) is 22.4. The van der Waals surface area contributed by atoms with Gasteiger partial charge in [0.15, 0.2) is 5.76 Å². The number of para-hydroxylation sites is 1. The largest absolute Gasteiger partial charge is 0.459 e. The fourth-order valence-electron chi connectivity index (χ4n) is 4.48. The molecule has 2 aromatic heterocycles. The Bertz CT molecular complexity index is 1440. The number of aromatic nitrogens is 2. The summed E-state index contributed by atoms with van der Waals surface area (Å²) < 4.78 is 5.34. The lowest BCUT2D eigenvalue weighted by Gasteiger charge is -2.39. The Labute approximate surface area is 201 Å². The number of aryl methyl sites for hydroxylation is 1. The molecule has 0 spiro atoms. The molecule has 0 aliphatic carbocycles. The van der Waals surface area contributed by atoms with Crippen LogP contribution in [0.5, 0.6) is 0 Å². The van der Waals surface area contributed by atoms with E-state index >= 15 is 0 Å². The minimum absolute atomic E-state index is 0.0917. The van der Waals surface area contributed by atoms with Gasteiger partial charge in [-0.25, -0.2) is 4.98 Å². The van der Waals surface area contributed by atoms with Gasteiger partial charge in [0.2, 0.25) is 0 Å². The van der Waals surface area contributed by atoms with E-state index in [0.717, 1.165) is 11.1 Å². The van der Waals surface area contributed by atoms with Gasteiger partial charge in [-0.15, -0.1) is 0 Å². The summed E-state index contributed by atoms with van der Waals surface area (Å²) in [5.74, 6) is 0.152. The van der Waals surface area contributed by atoms with E-state index in [-0.39, 0.29) is 17.9 Å². The number of carbonyl (C=O) groups is 3. The van der Waals surface area contributed by atoms with Gasteiger partial charge in [-0.1, -0.05) is 18.2 Å². The molecule has 178 valence electrons. The summed E-state index contributed by atoms with van der Waals surface area (Å²) in [5.41, 5.74) is 9.17. The average molecular weight is 472 g/mol. The standard InChI is InChI=1S/C26H25N5O4/c1-15-10-13-35-22(15)26(34)30-11-12-31(16(2)14-30)25(33)18-8-6-17(7-9-18)24-28-20-5-3-4-19(23(27)32)21(20)29-24/h3-10,13,16H,11-12,14H2,1-2H3,(H2,27,32)(H,28,29). The molecule has 0 radical (unpaired) electrons. The van der Waals surface area contributed by atoms with Crippen molar-refractivity contribution >= 4 is 28.8 Å². The number of piperazine rings is 1. The number of furan rings is 1. The van der Waals surface area contributed by atoms with Gasteiger partial charge in [-0.05, 0) is 44.2 Å². The molecular formula is C26H25N5O4. The molecular weight excluding hydrogens is 446 g/mol. The first-order valence-electron chi connectivity index (χ1n) is 11.4. The van der Waals surface area contributed by atoms with Gasteiger partial charge >= 0.3 is 0 Å². The van der Waals surface area contributed by atoms with Crippen LogP contribution in [0.4, 0.5) is 0 Å². The molecule has 5 rings (SSSR count). The minimum Gasteiger partial charge on any atom is -0.459 e. The summed E-state index contributed by atoms with van der Waals surface area (Å²) in [6.45, 7) is 5.09. The van der Waals surface area contributed by atoms with Crippen molar-refractivity contribution in [1.29, 1.82) is 0 Å². The lowest BCUT2D eigenvalue weighted by Crippen LogP contribution is -2.55. The summed E-state index contributed by atoms with van der Waals surface area (Å²) in [4.78, 5) is 48.9. The Balaban J connectivity index is 1.30. The normalized spacial score (nSPS) is 16.0. The Morgan fingerprint density at radius 3 is 2.49 bits per heavy atom. The first-order chi connectivity index (χ1) is 16.8. The van der Waals surface area contributed by atoms with E-state index < -0.39 is 5.91 Å². The molecule has 35 heavy (non-hydrogen) atoms. The van der Waals surface area contributed by atoms with E-state index in [0.29, 0.717) is 53.4 Å². The number of amides is 3. The van der Waals surface area contributed by atoms with E-state index in [1.165, 1.54) is 6.26 Å². The third-order valence-corrected chi connectivity index (χ3v) is 6.42. The number of fused-ring (bicyclic) bond motifs is 1. The maximum absolute atomic E-state index is 13.2. The Hall–Kier alpha value is -4.40.